The maximum absolute atomic E-state index is 13.3. The van der Waals surface area contributed by atoms with Gasteiger partial charge >= 0.3 is 5.69 Å². The number of carbonyl (C=O) groups is 1. The normalized spacial score (nSPS) is 11.0. The lowest BCUT2D eigenvalue weighted by molar-refractivity contribution is 0.0971. The highest BCUT2D eigenvalue weighted by Crippen LogP contribution is 2.23. The van der Waals surface area contributed by atoms with Crippen LogP contribution in [0, 0.1) is 6.92 Å². The number of methoxy groups -OCH3 is 1. The fourth-order valence-corrected chi connectivity index (χ4v) is 4.46. The summed E-state index contributed by atoms with van der Waals surface area (Å²) < 4.78 is 7.58. The van der Waals surface area contributed by atoms with Crippen LogP contribution >= 0.6 is 22.9 Å². The zero-order valence-electron chi connectivity index (χ0n) is 16.2. The van der Waals surface area contributed by atoms with Crippen LogP contribution in [0.3, 0.4) is 0 Å². The SMILES string of the molecule is COc1cccc(C(=O)Cn2c(=O)n(-c3cccc(Cl)c3)c(=O)c3cc(C)sc32)c1. The van der Waals surface area contributed by atoms with E-state index in [-0.39, 0.29) is 12.3 Å². The molecule has 0 spiro atoms. The number of thiophene rings is 1. The number of rotatable bonds is 5. The molecule has 0 aliphatic carbocycles. The summed E-state index contributed by atoms with van der Waals surface area (Å²) in [5.74, 6) is 0.286. The number of aromatic nitrogens is 2. The molecule has 6 nitrogen and oxygen atoms in total. The fraction of sp³-hybridized carbons (Fsp3) is 0.136. The van der Waals surface area contributed by atoms with Crippen LogP contribution in [0.1, 0.15) is 15.2 Å². The van der Waals surface area contributed by atoms with E-state index in [9.17, 15) is 14.4 Å². The topological polar surface area (TPSA) is 70.3 Å². The van der Waals surface area contributed by atoms with Gasteiger partial charge in [-0.2, -0.15) is 0 Å². The number of aryl methyl sites for hydroxylation is 1. The van der Waals surface area contributed by atoms with E-state index in [0.717, 1.165) is 9.44 Å². The van der Waals surface area contributed by atoms with Gasteiger partial charge in [-0.15, -0.1) is 11.3 Å². The highest BCUT2D eigenvalue weighted by atomic mass is 35.5. The van der Waals surface area contributed by atoms with Gasteiger partial charge in [0.25, 0.3) is 5.56 Å². The Balaban J connectivity index is 1.92. The van der Waals surface area contributed by atoms with Crippen molar-refractivity contribution in [2.24, 2.45) is 0 Å². The minimum atomic E-state index is -0.590. The maximum atomic E-state index is 13.3. The summed E-state index contributed by atoms with van der Waals surface area (Å²) in [6, 6.07) is 15.0. The van der Waals surface area contributed by atoms with Crippen LogP contribution in [0.15, 0.2) is 64.2 Å². The van der Waals surface area contributed by atoms with Crippen LogP contribution in [0.25, 0.3) is 15.9 Å². The molecule has 30 heavy (non-hydrogen) atoms. The summed E-state index contributed by atoms with van der Waals surface area (Å²) in [7, 11) is 1.52. The highest BCUT2D eigenvalue weighted by Gasteiger charge is 2.19. The second-order valence-electron chi connectivity index (χ2n) is 6.72. The molecule has 0 saturated heterocycles. The average molecular weight is 441 g/mol. The van der Waals surface area contributed by atoms with Gasteiger partial charge in [0.05, 0.1) is 24.7 Å². The van der Waals surface area contributed by atoms with E-state index in [1.807, 2.05) is 6.92 Å². The molecule has 0 aliphatic rings. The zero-order chi connectivity index (χ0) is 21.4. The van der Waals surface area contributed by atoms with Gasteiger partial charge in [-0.05, 0) is 43.3 Å². The third-order valence-corrected chi connectivity index (χ3v) is 6.00. The van der Waals surface area contributed by atoms with Crippen molar-refractivity contribution < 1.29 is 9.53 Å². The van der Waals surface area contributed by atoms with Crippen LogP contribution in [0.5, 0.6) is 5.75 Å². The Morgan fingerprint density at radius 3 is 2.60 bits per heavy atom. The van der Waals surface area contributed by atoms with Crippen LogP contribution in [-0.4, -0.2) is 22.0 Å². The third-order valence-electron chi connectivity index (χ3n) is 4.70. The van der Waals surface area contributed by atoms with Crippen molar-refractivity contribution in [1.29, 1.82) is 0 Å². The van der Waals surface area contributed by atoms with Gasteiger partial charge in [0.2, 0.25) is 0 Å². The van der Waals surface area contributed by atoms with Gasteiger partial charge in [-0.1, -0.05) is 29.8 Å². The van der Waals surface area contributed by atoms with Crippen molar-refractivity contribution in [3.05, 3.63) is 90.9 Å². The van der Waals surface area contributed by atoms with Crippen molar-refractivity contribution >= 4 is 38.9 Å². The Morgan fingerprint density at radius 2 is 1.87 bits per heavy atom. The summed E-state index contributed by atoms with van der Waals surface area (Å²) >= 11 is 7.37. The first-order valence-electron chi connectivity index (χ1n) is 9.08. The molecule has 0 N–H and O–H groups in total. The largest absolute Gasteiger partial charge is 0.497 e. The first-order valence-corrected chi connectivity index (χ1v) is 10.3. The molecule has 0 aliphatic heterocycles. The maximum Gasteiger partial charge on any atom is 0.337 e. The Bertz CT molecular complexity index is 1400. The molecule has 4 aromatic rings. The molecule has 2 aromatic carbocycles. The molecule has 0 bridgehead atoms. The number of halogens is 1. The molecule has 0 atom stereocenters. The quantitative estimate of drug-likeness (QED) is 0.439. The van der Waals surface area contributed by atoms with Gasteiger partial charge < -0.3 is 4.74 Å². The number of ketones is 1. The van der Waals surface area contributed by atoms with E-state index in [4.69, 9.17) is 16.3 Å². The van der Waals surface area contributed by atoms with Crippen molar-refractivity contribution in [2.45, 2.75) is 13.5 Å². The summed E-state index contributed by atoms with van der Waals surface area (Å²) in [6.45, 7) is 1.65. The van der Waals surface area contributed by atoms with Gasteiger partial charge in [0.1, 0.15) is 10.6 Å². The van der Waals surface area contributed by atoms with Gasteiger partial charge in [-0.3, -0.25) is 14.2 Å². The van der Waals surface area contributed by atoms with Crippen molar-refractivity contribution in [3.8, 4) is 11.4 Å². The van der Waals surface area contributed by atoms with E-state index < -0.39 is 11.2 Å². The number of Topliss-reactive ketones (excluding diaryl/α,β-unsaturated/α-hetero) is 1. The predicted octanol–water partition coefficient (Wildman–Crippen LogP) is 4.07. The lowest BCUT2D eigenvalue weighted by Crippen LogP contribution is -2.39. The summed E-state index contributed by atoms with van der Waals surface area (Å²) in [4.78, 5) is 40.7. The number of hydrogen-bond donors (Lipinski definition) is 0. The van der Waals surface area contributed by atoms with E-state index in [1.165, 1.54) is 23.0 Å². The minimum absolute atomic E-state index is 0.205. The molecule has 0 saturated carbocycles. The molecule has 0 radical (unpaired) electrons. The molecule has 4 rings (SSSR count). The number of hydrogen-bond acceptors (Lipinski definition) is 5. The number of carbonyl (C=O) groups excluding carboxylic acids is 1. The van der Waals surface area contributed by atoms with Crippen molar-refractivity contribution in [1.82, 2.24) is 9.13 Å². The van der Waals surface area contributed by atoms with E-state index in [1.54, 1.807) is 54.6 Å². The first kappa shape index (κ1) is 20.1. The van der Waals surface area contributed by atoms with E-state index >= 15 is 0 Å². The molecular weight excluding hydrogens is 424 g/mol. The van der Waals surface area contributed by atoms with E-state index in [2.05, 4.69) is 0 Å². The fourth-order valence-electron chi connectivity index (χ4n) is 3.28. The molecule has 0 amide bonds. The van der Waals surface area contributed by atoms with Crippen molar-refractivity contribution in [3.63, 3.8) is 0 Å². The second-order valence-corrected chi connectivity index (χ2v) is 8.39. The van der Waals surface area contributed by atoms with Crippen LogP contribution in [-0.2, 0) is 6.54 Å². The Labute approximate surface area is 180 Å². The number of ether oxygens (including phenoxy) is 1. The molecule has 0 fully saturated rings. The van der Waals surface area contributed by atoms with Crippen LogP contribution < -0.4 is 16.0 Å². The summed E-state index contributed by atoms with van der Waals surface area (Å²) in [5, 5.41) is 0.787. The van der Waals surface area contributed by atoms with Crippen LogP contribution in [0.4, 0.5) is 0 Å². The molecule has 2 aromatic heterocycles. The molecule has 152 valence electrons. The van der Waals surface area contributed by atoms with E-state index in [0.29, 0.717) is 32.2 Å². The van der Waals surface area contributed by atoms with Gasteiger partial charge in [-0.25, -0.2) is 9.36 Å². The van der Waals surface area contributed by atoms with Gasteiger partial charge in [0, 0.05) is 15.5 Å². The van der Waals surface area contributed by atoms with Crippen LogP contribution in [0.2, 0.25) is 5.02 Å². The van der Waals surface area contributed by atoms with Gasteiger partial charge in [0.15, 0.2) is 5.78 Å². The second kappa shape index (κ2) is 7.93. The zero-order valence-corrected chi connectivity index (χ0v) is 17.8. The average Bonchev–Trinajstić information content (AvgIpc) is 3.13. The Morgan fingerprint density at radius 1 is 1.10 bits per heavy atom. The molecular formula is C22H17ClN2O4S. The number of fused-ring (bicyclic) bond motifs is 1. The lowest BCUT2D eigenvalue weighted by Gasteiger charge is -2.12. The Hall–Kier alpha value is -3.16. The van der Waals surface area contributed by atoms with Crippen molar-refractivity contribution in [2.75, 3.05) is 7.11 Å². The number of nitrogens with zero attached hydrogens (tertiary/aromatic N) is 2. The smallest absolute Gasteiger partial charge is 0.337 e. The molecule has 8 heteroatoms. The summed E-state index contributed by atoms with van der Waals surface area (Å²) in [5.41, 5.74) is -0.256. The highest BCUT2D eigenvalue weighted by molar-refractivity contribution is 7.18. The standard InChI is InChI=1S/C22H17ClN2O4S/c1-13-9-18-20(27)25(16-7-4-6-15(23)11-16)22(28)24(21(18)30-13)12-19(26)14-5-3-8-17(10-14)29-2/h3-11H,12H2,1-2H3. The lowest BCUT2D eigenvalue weighted by atomic mass is 10.1. The first-order chi connectivity index (χ1) is 14.4. The third kappa shape index (κ3) is 3.58. The molecule has 0 unspecified atom stereocenters. The molecule has 2 heterocycles. The monoisotopic (exact) mass is 440 g/mol. The minimum Gasteiger partial charge on any atom is -0.497 e. The predicted molar refractivity (Wildman–Crippen MR) is 119 cm³/mol. The summed E-state index contributed by atoms with van der Waals surface area (Å²) in [6.07, 6.45) is 0. The Kier molecular flexibility index (Phi) is 5.32. The number of benzene rings is 2.